The molecule has 1 aliphatic rings. The highest BCUT2D eigenvalue weighted by Gasteiger charge is 2.20. The molecule has 4 nitrogen and oxygen atoms in total. The summed E-state index contributed by atoms with van der Waals surface area (Å²) in [5.74, 6) is 0.823. The van der Waals surface area contributed by atoms with Gasteiger partial charge >= 0.3 is 5.97 Å². The first-order valence-corrected chi connectivity index (χ1v) is 7.27. The van der Waals surface area contributed by atoms with Crippen LogP contribution in [0.1, 0.15) is 37.2 Å². The number of rotatable bonds is 6. The summed E-state index contributed by atoms with van der Waals surface area (Å²) in [6.45, 7) is 3.01. The molecule has 20 heavy (non-hydrogen) atoms. The standard InChI is InChI=1S/C16H23NO3/c1-20-15-5-2-4-14(12-15)13-7-10-17(11-8-13)9-3-6-16(18)19/h2,4-5,12-13H,3,6-11H2,1H3,(H,18,19). The summed E-state index contributed by atoms with van der Waals surface area (Å²) in [4.78, 5) is 12.9. The lowest BCUT2D eigenvalue weighted by Gasteiger charge is -2.32. The molecular formula is C16H23NO3. The fraction of sp³-hybridized carbons (Fsp3) is 0.562. The molecule has 0 atom stereocenters. The second-order valence-corrected chi connectivity index (χ2v) is 5.39. The largest absolute Gasteiger partial charge is 0.497 e. The van der Waals surface area contributed by atoms with Crippen LogP contribution in [0.15, 0.2) is 24.3 Å². The number of hydrogen-bond donors (Lipinski definition) is 1. The van der Waals surface area contributed by atoms with E-state index in [0.717, 1.165) is 44.6 Å². The van der Waals surface area contributed by atoms with Gasteiger partial charge in [0, 0.05) is 6.42 Å². The SMILES string of the molecule is COc1cccc(C2CCN(CCCC(=O)O)CC2)c1. The van der Waals surface area contributed by atoms with E-state index < -0.39 is 5.97 Å². The molecule has 1 fully saturated rings. The summed E-state index contributed by atoms with van der Waals surface area (Å²) >= 11 is 0. The molecule has 0 unspecified atom stereocenters. The van der Waals surface area contributed by atoms with Gasteiger partial charge in [-0.3, -0.25) is 4.79 Å². The first-order valence-electron chi connectivity index (χ1n) is 7.27. The molecule has 0 aromatic heterocycles. The quantitative estimate of drug-likeness (QED) is 0.868. The Morgan fingerprint density at radius 2 is 2.15 bits per heavy atom. The maximum Gasteiger partial charge on any atom is 0.303 e. The van der Waals surface area contributed by atoms with Crippen molar-refractivity contribution < 1.29 is 14.6 Å². The third kappa shape index (κ3) is 4.23. The van der Waals surface area contributed by atoms with Crippen molar-refractivity contribution in [2.45, 2.75) is 31.6 Å². The second kappa shape index (κ2) is 7.29. The van der Waals surface area contributed by atoms with E-state index in [0.29, 0.717) is 5.92 Å². The van der Waals surface area contributed by atoms with E-state index in [1.807, 2.05) is 12.1 Å². The van der Waals surface area contributed by atoms with E-state index in [4.69, 9.17) is 9.84 Å². The molecule has 4 heteroatoms. The number of hydrogen-bond acceptors (Lipinski definition) is 3. The van der Waals surface area contributed by atoms with Crippen LogP contribution in [-0.4, -0.2) is 42.7 Å². The molecule has 0 aliphatic carbocycles. The molecule has 110 valence electrons. The molecule has 1 aromatic rings. The molecule has 0 amide bonds. The smallest absolute Gasteiger partial charge is 0.303 e. The van der Waals surface area contributed by atoms with Gasteiger partial charge in [0.2, 0.25) is 0 Å². The van der Waals surface area contributed by atoms with Crippen molar-refractivity contribution in [3.63, 3.8) is 0 Å². The first-order chi connectivity index (χ1) is 9.69. The summed E-state index contributed by atoms with van der Waals surface area (Å²) in [6, 6.07) is 8.33. The van der Waals surface area contributed by atoms with Crippen LogP contribution >= 0.6 is 0 Å². The van der Waals surface area contributed by atoms with Gasteiger partial charge in [0.05, 0.1) is 7.11 Å². The topological polar surface area (TPSA) is 49.8 Å². The van der Waals surface area contributed by atoms with E-state index in [1.165, 1.54) is 5.56 Å². The van der Waals surface area contributed by atoms with Crippen LogP contribution in [0.5, 0.6) is 5.75 Å². The van der Waals surface area contributed by atoms with E-state index in [1.54, 1.807) is 7.11 Å². The number of nitrogens with zero attached hydrogens (tertiary/aromatic N) is 1. The average Bonchev–Trinajstić information content (AvgIpc) is 2.48. The molecule has 1 aromatic carbocycles. The van der Waals surface area contributed by atoms with E-state index in [2.05, 4.69) is 17.0 Å². The molecule has 0 radical (unpaired) electrons. The highest BCUT2D eigenvalue weighted by atomic mass is 16.5. The number of benzene rings is 1. The molecule has 1 heterocycles. The predicted octanol–water partition coefficient (Wildman–Crippen LogP) is 2.74. The maximum absolute atomic E-state index is 10.5. The number of ether oxygens (including phenoxy) is 1. The number of piperidine rings is 1. The van der Waals surface area contributed by atoms with Crippen molar-refractivity contribution in [1.29, 1.82) is 0 Å². The predicted molar refractivity (Wildman–Crippen MR) is 78.3 cm³/mol. The van der Waals surface area contributed by atoms with E-state index >= 15 is 0 Å². The van der Waals surface area contributed by atoms with Gasteiger partial charge in [-0.1, -0.05) is 12.1 Å². The Bertz CT molecular complexity index is 439. The normalized spacial score (nSPS) is 17.1. The van der Waals surface area contributed by atoms with Gasteiger partial charge in [-0.2, -0.15) is 0 Å². The van der Waals surface area contributed by atoms with Crippen molar-refractivity contribution in [1.82, 2.24) is 4.90 Å². The first kappa shape index (κ1) is 14.9. The van der Waals surface area contributed by atoms with Crippen molar-refractivity contribution >= 4 is 5.97 Å². The summed E-state index contributed by atoms with van der Waals surface area (Å²) in [5.41, 5.74) is 1.36. The van der Waals surface area contributed by atoms with Crippen molar-refractivity contribution in [3.8, 4) is 5.75 Å². The number of carbonyl (C=O) groups is 1. The van der Waals surface area contributed by atoms with E-state index in [-0.39, 0.29) is 6.42 Å². The van der Waals surface area contributed by atoms with Crippen LogP contribution in [0, 0.1) is 0 Å². The van der Waals surface area contributed by atoms with Gasteiger partial charge in [0.25, 0.3) is 0 Å². The lowest BCUT2D eigenvalue weighted by Crippen LogP contribution is -2.33. The monoisotopic (exact) mass is 277 g/mol. The van der Waals surface area contributed by atoms with Gasteiger partial charge in [-0.05, 0) is 62.5 Å². The Hall–Kier alpha value is -1.55. The highest BCUT2D eigenvalue weighted by Crippen LogP contribution is 2.30. The van der Waals surface area contributed by atoms with E-state index in [9.17, 15) is 4.79 Å². The Kier molecular flexibility index (Phi) is 5.41. The van der Waals surface area contributed by atoms with Gasteiger partial charge in [-0.25, -0.2) is 0 Å². The van der Waals surface area contributed by atoms with Crippen molar-refractivity contribution in [2.75, 3.05) is 26.7 Å². The zero-order valence-corrected chi connectivity index (χ0v) is 12.0. The van der Waals surface area contributed by atoms with Crippen molar-refractivity contribution in [2.24, 2.45) is 0 Å². The molecule has 1 aliphatic heterocycles. The lowest BCUT2D eigenvalue weighted by atomic mass is 9.89. The third-order valence-corrected chi connectivity index (χ3v) is 4.02. The fourth-order valence-electron chi connectivity index (χ4n) is 2.84. The molecule has 0 saturated carbocycles. The molecular weight excluding hydrogens is 254 g/mol. The van der Waals surface area contributed by atoms with Crippen molar-refractivity contribution in [3.05, 3.63) is 29.8 Å². The zero-order valence-electron chi connectivity index (χ0n) is 12.0. The number of carboxylic acids is 1. The van der Waals surface area contributed by atoms with Crippen LogP contribution < -0.4 is 4.74 Å². The van der Waals surface area contributed by atoms with Crippen LogP contribution in [0.4, 0.5) is 0 Å². The molecule has 0 bridgehead atoms. The summed E-state index contributed by atoms with van der Waals surface area (Å²) < 4.78 is 5.28. The highest BCUT2D eigenvalue weighted by molar-refractivity contribution is 5.66. The average molecular weight is 277 g/mol. The molecule has 0 spiro atoms. The number of likely N-dealkylation sites (tertiary alicyclic amines) is 1. The summed E-state index contributed by atoms with van der Waals surface area (Å²) in [7, 11) is 1.70. The number of aliphatic carboxylic acids is 1. The number of carboxylic acid groups (broad SMARTS) is 1. The fourth-order valence-corrected chi connectivity index (χ4v) is 2.84. The van der Waals surface area contributed by atoms with Gasteiger partial charge in [0.15, 0.2) is 0 Å². The molecule has 1 saturated heterocycles. The van der Waals surface area contributed by atoms with Crippen LogP contribution in [0.25, 0.3) is 0 Å². The Labute approximate surface area is 120 Å². The number of methoxy groups -OCH3 is 1. The van der Waals surface area contributed by atoms with Gasteiger partial charge in [0.1, 0.15) is 5.75 Å². The third-order valence-electron chi connectivity index (χ3n) is 4.02. The van der Waals surface area contributed by atoms with Crippen LogP contribution in [0.3, 0.4) is 0 Å². The van der Waals surface area contributed by atoms with Crippen LogP contribution in [0.2, 0.25) is 0 Å². The Balaban J connectivity index is 1.80. The maximum atomic E-state index is 10.5. The second-order valence-electron chi connectivity index (χ2n) is 5.39. The summed E-state index contributed by atoms with van der Waals surface area (Å²) in [5, 5.41) is 8.65. The lowest BCUT2D eigenvalue weighted by molar-refractivity contribution is -0.137. The Morgan fingerprint density at radius 3 is 2.80 bits per heavy atom. The molecule has 2 rings (SSSR count). The van der Waals surface area contributed by atoms with Gasteiger partial charge < -0.3 is 14.7 Å². The molecule has 1 N–H and O–H groups in total. The summed E-state index contributed by atoms with van der Waals surface area (Å²) in [6.07, 6.45) is 3.30. The minimum absolute atomic E-state index is 0.274. The Morgan fingerprint density at radius 1 is 1.40 bits per heavy atom. The minimum atomic E-state index is -0.698. The van der Waals surface area contributed by atoms with Gasteiger partial charge in [-0.15, -0.1) is 0 Å². The zero-order chi connectivity index (χ0) is 14.4. The van der Waals surface area contributed by atoms with Crippen LogP contribution in [-0.2, 0) is 4.79 Å². The minimum Gasteiger partial charge on any atom is -0.497 e.